The monoisotopic (exact) mass is 382 g/mol. The first-order valence-electron chi connectivity index (χ1n) is 8.25. The number of ether oxygens (including phenoxy) is 2. The van der Waals surface area contributed by atoms with Crippen molar-refractivity contribution in [3.63, 3.8) is 0 Å². The molecule has 0 unspecified atom stereocenters. The van der Waals surface area contributed by atoms with E-state index in [4.69, 9.17) is 9.47 Å². The topological polar surface area (TPSA) is 55.8 Å². The number of carbonyl (C=O) groups excluding carboxylic acids is 1. The number of aliphatic hydroxyl groups is 1. The summed E-state index contributed by atoms with van der Waals surface area (Å²) in [6, 6.07) is 11.1. The highest BCUT2D eigenvalue weighted by atomic mass is 19.4. The van der Waals surface area contributed by atoms with E-state index < -0.39 is 31.0 Å². The molecule has 0 heterocycles. The Morgan fingerprint density at radius 1 is 1.00 bits per heavy atom. The van der Waals surface area contributed by atoms with Crippen LogP contribution in [0, 0.1) is 0 Å². The molecule has 2 aromatic carbocycles. The molecule has 0 bridgehead atoms. The Kier molecular flexibility index (Phi) is 6.15. The van der Waals surface area contributed by atoms with Crippen LogP contribution < -0.4 is 4.74 Å². The second-order valence-electron chi connectivity index (χ2n) is 6.96. The van der Waals surface area contributed by atoms with Gasteiger partial charge in [-0.15, -0.1) is 0 Å². The van der Waals surface area contributed by atoms with Crippen LogP contribution >= 0.6 is 0 Å². The maximum absolute atomic E-state index is 12.3. The number of hydrogen-bond acceptors (Lipinski definition) is 4. The smallest absolute Gasteiger partial charge is 0.422 e. The maximum atomic E-state index is 12.3. The molecule has 0 saturated carbocycles. The molecule has 7 heteroatoms. The first-order valence-corrected chi connectivity index (χ1v) is 8.25. The molecule has 0 spiro atoms. The number of halogens is 3. The van der Waals surface area contributed by atoms with Crippen molar-refractivity contribution in [2.75, 3.05) is 6.61 Å². The van der Waals surface area contributed by atoms with Gasteiger partial charge in [-0.1, -0.05) is 18.2 Å². The van der Waals surface area contributed by atoms with Gasteiger partial charge in [0.15, 0.2) is 6.61 Å². The summed E-state index contributed by atoms with van der Waals surface area (Å²) < 4.78 is 46.9. The van der Waals surface area contributed by atoms with E-state index in [1.54, 1.807) is 57.2 Å². The summed E-state index contributed by atoms with van der Waals surface area (Å²) in [6.07, 6.45) is -4.46. The number of hydrogen-bond donors (Lipinski definition) is 1. The minimum absolute atomic E-state index is 0.0241. The molecule has 0 aliphatic rings. The van der Waals surface area contributed by atoms with Gasteiger partial charge < -0.3 is 14.6 Å². The van der Waals surface area contributed by atoms with E-state index in [-0.39, 0.29) is 11.3 Å². The van der Waals surface area contributed by atoms with Crippen LogP contribution in [-0.2, 0) is 11.3 Å². The average Bonchev–Trinajstić information content (AvgIpc) is 2.58. The summed E-state index contributed by atoms with van der Waals surface area (Å²) in [4.78, 5) is 12.0. The second-order valence-corrected chi connectivity index (χ2v) is 6.96. The molecular formula is C20H21F3O4. The van der Waals surface area contributed by atoms with Gasteiger partial charge >= 0.3 is 12.1 Å². The van der Waals surface area contributed by atoms with Crippen LogP contribution in [0.25, 0.3) is 11.1 Å². The van der Waals surface area contributed by atoms with Crippen molar-refractivity contribution in [2.45, 2.75) is 39.2 Å². The first-order chi connectivity index (χ1) is 12.5. The quantitative estimate of drug-likeness (QED) is 0.759. The molecule has 2 aromatic rings. The number of alkyl halides is 3. The number of aliphatic hydroxyl groups excluding tert-OH is 1. The van der Waals surface area contributed by atoms with E-state index in [1.807, 2.05) is 0 Å². The Balaban J connectivity index is 2.19. The van der Waals surface area contributed by atoms with Crippen molar-refractivity contribution >= 4 is 5.97 Å². The van der Waals surface area contributed by atoms with Crippen LogP contribution in [0.4, 0.5) is 13.2 Å². The zero-order valence-electron chi connectivity index (χ0n) is 15.3. The molecule has 27 heavy (non-hydrogen) atoms. The lowest BCUT2D eigenvalue weighted by Crippen LogP contribution is -2.23. The lowest BCUT2D eigenvalue weighted by Gasteiger charge is -2.19. The summed E-state index contributed by atoms with van der Waals surface area (Å²) in [5, 5.41) is 9.42. The van der Waals surface area contributed by atoms with E-state index in [9.17, 15) is 23.1 Å². The fourth-order valence-corrected chi connectivity index (χ4v) is 2.32. The molecule has 0 aliphatic carbocycles. The predicted octanol–water partition coefficient (Wildman–Crippen LogP) is 4.74. The number of esters is 1. The van der Waals surface area contributed by atoms with Gasteiger partial charge in [-0.25, -0.2) is 4.79 Å². The van der Waals surface area contributed by atoms with Gasteiger partial charge in [0.05, 0.1) is 12.2 Å². The first kappa shape index (κ1) is 20.8. The zero-order chi connectivity index (χ0) is 20.2. The molecule has 0 radical (unpaired) electrons. The molecular weight excluding hydrogens is 361 g/mol. The molecule has 1 N–H and O–H groups in total. The van der Waals surface area contributed by atoms with Gasteiger partial charge in [0.2, 0.25) is 0 Å². The Labute approximate surface area is 155 Å². The Morgan fingerprint density at radius 2 is 1.59 bits per heavy atom. The van der Waals surface area contributed by atoms with E-state index in [0.29, 0.717) is 11.1 Å². The molecule has 0 fully saturated rings. The summed E-state index contributed by atoms with van der Waals surface area (Å²) >= 11 is 0. The molecule has 0 saturated heterocycles. The highest BCUT2D eigenvalue weighted by Gasteiger charge is 2.28. The molecule has 146 valence electrons. The number of rotatable bonds is 5. The lowest BCUT2D eigenvalue weighted by molar-refractivity contribution is -0.153. The Bertz CT molecular complexity index is 790. The highest BCUT2D eigenvalue weighted by Crippen LogP contribution is 2.29. The summed E-state index contributed by atoms with van der Waals surface area (Å²) in [7, 11) is 0. The standard InChI is InChI=1S/C20H21F3O4/c1-19(2,3)27-18(25)14-6-4-13(5-7-14)15-8-9-17(16(10-15)11-24)26-12-20(21,22)23/h4-10,24H,11-12H2,1-3H3. The minimum Gasteiger partial charge on any atom is -0.484 e. The highest BCUT2D eigenvalue weighted by molar-refractivity contribution is 5.90. The molecule has 4 nitrogen and oxygen atoms in total. The van der Waals surface area contributed by atoms with Gasteiger partial charge in [-0.3, -0.25) is 0 Å². The average molecular weight is 382 g/mol. The largest absolute Gasteiger partial charge is 0.484 e. The number of benzene rings is 2. The van der Waals surface area contributed by atoms with Crippen LogP contribution in [0.1, 0.15) is 36.7 Å². The molecule has 0 atom stereocenters. The third kappa shape index (κ3) is 6.29. The van der Waals surface area contributed by atoms with Crippen molar-refractivity contribution in [1.82, 2.24) is 0 Å². The van der Waals surface area contributed by atoms with Crippen LogP contribution in [0.15, 0.2) is 42.5 Å². The molecule has 0 aromatic heterocycles. The summed E-state index contributed by atoms with van der Waals surface area (Å²) in [5.74, 6) is -0.468. The molecule has 0 aliphatic heterocycles. The normalized spacial score (nSPS) is 12.0. The molecule has 2 rings (SSSR count). The Hall–Kier alpha value is -2.54. The summed E-state index contributed by atoms with van der Waals surface area (Å²) in [6.45, 7) is 3.44. The number of carbonyl (C=O) groups is 1. The van der Waals surface area contributed by atoms with Crippen molar-refractivity contribution < 1.29 is 32.5 Å². The van der Waals surface area contributed by atoms with Gasteiger partial charge in [-0.05, 0) is 56.2 Å². The third-order valence-electron chi connectivity index (χ3n) is 3.47. The van der Waals surface area contributed by atoms with Crippen LogP contribution in [-0.4, -0.2) is 29.5 Å². The van der Waals surface area contributed by atoms with Crippen molar-refractivity contribution in [2.24, 2.45) is 0 Å². The van der Waals surface area contributed by atoms with E-state index in [0.717, 1.165) is 5.56 Å². The molecule has 0 amide bonds. The van der Waals surface area contributed by atoms with Gasteiger partial charge in [0.25, 0.3) is 0 Å². The second kappa shape index (κ2) is 8.00. The lowest BCUT2D eigenvalue weighted by atomic mass is 10.0. The van der Waals surface area contributed by atoms with Gasteiger partial charge in [0.1, 0.15) is 11.4 Å². The van der Waals surface area contributed by atoms with E-state index in [1.165, 1.54) is 6.07 Å². The Morgan fingerprint density at radius 3 is 2.11 bits per heavy atom. The van der Waals surface area contributed by atoms with Gasteiger partial charge in [-0.2, -0.15) is 13.2 Å². The zero-order valence-corrected chi connectivity index (χ0v) is 15.3. The maximum Gasteiger partial charge on any atom is 0.422 e. The fraction of sp³-hybridized carbons (Fsp3) is 0.350. The SMILES string of the molecule is CC(C)(C)OC(=O)c1ccc(-c2ccc(OCC(F)(F)F)c(CO)c2)cc1. The predicted molar refractivity (Wildman–Crippen MR) is 94.5 cm³/mol. The fourth-order valence-electron chi connectivity index (χ4n) is 2.32. The van der Waals surface area contributed by atoms with E-state index >= 15 is 0 Å². The van der Waals surface area contributed by atoms with Gasteiger partial charge in [0, 0.05) is 5.56 Å². The van der Waals surface area contributed by atoms with Crippen molar-refractivity contribution in [1.29, 1.82) is 0 Å². The van der Waals surface area contributed by atoms with Crippen LogP contribution in [0.5, 0.6) is 5.75 Å². The van der Waals surface area contributed by atoms with Crippen LogP contribution in [0.3, 0.4) is 0 Å². The third-order valence-corrected chi connectivity index (χ3v) is 3.47. The van der Waals surface area contributed by atoms with Crippen molar-refractivity contribution in [3.05, 3.63) is 53.6 Å². The van der Waals surface area contributed by atoms with Crippen LogP contribution in [0.2, 0.25) is 0 Å². The van der Waals surface area contributed by atoms with Crippen molar-refractivity contribution in [3.8, 4) is 16.9 Å². The minimum atomic E-state index is -4.46. The van der Waals surface area contributed by atoms with E-state index in [2.05, 4.69) is 0 Å². The summed E-state index contributed by atoms with van der Waals surface area (Å²) in [5.41, 5.74) is 1.44.